The zero-order valence-electron chi connectivity index (χ0n) is 7.24. The third-order valence-corrected chi connectivity index (χ3v) is 1.36. The van der Waals surface area contributed by atoms with Crippen molar-refractivity contribution in [2.75, 3.05) is 0 Å². The van der Waals surface area contributed by atoms with Crippen molar-refractivity contribution in [1.29, 1.82) is 0 Å². The normalized spacial score (nSPS) is 8.27. The van der Waals surface area contributed by atoms with Crippen molar-refractivity contribution in [3.05, 3.63) is 43.3 Å². The van der Waals surface area contributed by atoms with Gasteiger partial charge in [0.2, 0.25) is 0 Å². The van der Waals surface area contributed by atoms with Crippen molar-refractivity contribution in [1.82, 2.24) is 0 Å². The summed E-state index contributed by atoms with van der Waals surface area (Å²) >= 11 is 0. The largest absolute Gasteiger partial charge is 2.00 e. The Morgan fingerprint density at radius 1 is 1.27 bits per heavy atom. The number of rotatable bonds is 1. The van der Waals surface area contributed by atoms with Crippen LogP contribution in [0.2, 0.25) is 0 Å². The van der Waals surface area contributed by atoms with Crippen LogP contribution in [0.15, 0.2) is 24.3 Å². The number of benzene rings is 1. The molecule has 0 unspecified atom stereocenters. The Hall–Kier alpha value is -0.261. The second-order valence-corrected chi connectivity index (χ2v) is 2.47. The first kappa shape index (κ1) is 13.3. The van der Waals surface area contributed by atoms with Crippen molar-refractivity contribution in [3.63, 3.8) is 0 Å². The van der Waals surface area contributed by atoms with Gasteiger partial charge in [-0.1, -0.05) is 13.8 Å². The predicted octanol–water partition coefficient (Wildman–Crippen LogP) is 3.06. The Labute approximate surface area is 80.5 Å². The summed E-state index contributed by atoms with van der Waals surface area (Å²) in [5.74, 6) is 0.603. The third kappa shape index (κ3) is 4.23. The van der Waals surface area contributed by atoms with Crippen molar-refractivity contribution < 1.29 is 17.1 Å². The van der Waals surface area contributed by atoms with Crippen LogP contribution in [0.4, 0.5) is 0 Å². The molecule has 1 aromatic carbocycles. The van der Waals surface area contributed by atoms with Gasteiger partial charge >= 0.3 is 17.1 Å². The van der Waals surface area contributed by atoms with Crippen LogP contribution in [-0.4, -0.2) is 0 Å². The average Bonchev–Trinajstić information content (AvgIpc) is 1.90. The number of hydrogen-bond donors (Lipinski definition) is 0. The maximum absolute atomic E-state index is 3.17. The van der Waals surface area contributed by atoms with Gasteiger partial charge in [-0.25, -0.2) is 0 Å². The SMILES string of the molecule is CC(C)c1[c-]cccc1.[CH3-].[Fe+2]. The summed E-state index contributed by atoms with van der Waals surface area (Å²) in [7, 11) is 0. The molecule has 1 aromatic rings. The molecule has 0 amide bonds. The van der Waals surface area contributed by atoms with Gasteiger partial charge in [0.25, 0.3) is 0 Å². The van der Waals surface area contributed by atoms with Crippen molar-refractivity contribution >= 4 is 0 Å². The molecule has 0 saturated carbocycles. The number of hydrogen-bond acceptors (Lipinski definition) is 0. The summed E-state index contributed by atoms with van der Waals surface area (Å²) in [5.41, 5.74) is 1.29. The quantitative estimate of drug-likeness (QED) is 0.471. The zero-order valence-corrected chi connectivity index (χ0v) is 8.34. The molecule has 1 heteroatoms. The summed E-state index contributed by atoms with van der Waals surface area (Å²) in [6.45, 7) is 4.34. The molecule has 0 aliphatic heterocycles. The molecule has 11 heavy (non-hydrogen) atoms. The molecule has 0 atom stereocenters. The average molecular weight is 190 g/mol. The fraction of sp³-hybridized carbons (Fsp3) is 0.300. The molecule has 0 spiro atoms. The van der Waals surface area contributed by atoms with E-state index in [1.807, 2.05) is 18.2 Å². The van der Waals surface area contributed by atoms with Gasteiger partial charge in [0.15, 0.2) is 0 Å². The molecule has 0 heterocycles. The van der Waals surface area contributed by atoms with Gasteiger partial charge < -0.3 is 7.43 Å². The van der Waals surface area contributed by atoms with Crippen LogP contribution in [-0.2, 0) is 17.1 Å². The minimum atomic E-state index is 0. The van der Waals surface area contributed by atoms with Gasteiger partial charge in [-0.2, -0.15) is 35.9 Å². The minimum absolute atomic E-state index is 0. The van der Waals surface area contributed by atoms with E-state index in [0.717, 1.165) is 0 Å². The monoisotopic (exact) mass is 190 g/mol. The summed E-state index contributed by atoms with van der Waals surface area (Å²) in [6.07, 6.45) is 0. The second-order valence-electron chi connectivity index (χ2n) is 2.47. The Morgan fingerprint density at radius 3 is 2.18 bits per heavy atom. The van der Waals surface area contributed by atoms with E-state index >= 15 is 0 Å². The van der Waals surface area contributed by atoms with Gasteiger partial charge in [0, 0.05) is 0 Å². The fourth-order valence-corrected chi connectivity index (χ4v) is 0.766. The van der Waals surface area contributed by atoms with E-state index in [4.69, 9.17) is 0 Å². The van der Waals surface area contributed by atoms with Gasteiger partial charge in [0.05, 0.1) is 0 Å². The van der Waals surface area contributed by atoms with Crippen molar-refractivity contribution in [2.24, 2.45) is 0 Å². The Kier molecular flexibility index (Phi) is 7.82. The van der Waals surface area contributed by atoms with Crippen LogP contribution >= 0.6 is 0 Å². The van der Waals surface area contributed by atoms with Gasteiger partial charge in [-0.15, -0.1) is 0 Å². The summed E-state index contributed by atoms with van der Waals surface area (Å²) in [6, 6.07) is 11.3. The Morgan fingerprint density at radius 2 is 1.91 bits per heavy atom. The summed E-state index contributed by atoms with van der Waals surface area (Å²) < 4.78 is 0. The minimum Gasteiger partial charge on any atom is -0.358 e. The molecule has 0 saturated heterocycles. The molecule has 0 fully saturated rings. The Balaban J connectivity index is 0. The van der Waals surface area contributed by atoms with E-state index < -0.39 is 0 Å². The molecule has 0 radical (unpaired) electrons. The zero-order chi connectivity index (χ0) is 6.69. The van der Waals surface area contributed by atoms with E-state index in [-0.39, 0.29) is 24.5 Å². The summed E-state index contributed by atoms with van der Waals surface area (Å²) in [4.78, 5) is 0. The molecule has 0 aromatic heterocycles. The van der Waals surface area contributed by atoms with E-state index in [9.17, 15) is 0 Å². The van der Waals surface area contributed by atoms with Crippen LogP contribution in [0.1, 0.15) is 25.3 Å². The standard InChI is InChI=1S/C9H11.CH3.Fe/c1-8(2)9-6-4-3-5-7-9;;/h3-6,8H,1-2H3;1H3;/q2*-1;+2. The van der Waals surface area contributed by atoms with Crippen molar-refractivity contribution in [3.8, 4) is 0 Å². The van der Waals surface area contributed by atoms with Gasteiger partial charge in [-0.05, 0) is 5.92 Å². The third-order valence-electron chi connectivity index (χ3n) is 1.36. The van der Waals surface area contributed by atoms with Crippen LogP contribution in [0.5, 0.6) is 0 Å². The van der Waals surface area contributed by atoms with E-state index in [2.05, 4.69) is 26.0 Å². The van der Waals surface area contributed by atoms with Crippen LogP contribution in [0.3, 0.4) is 0 Å². The smallest absolute Gasteiger partial charge is 0.358 e. The van der Waals surface area contributed by atoms with Gasteiger partial charge in [0.1, 0.15) is 0 Å². The molecule has 0 nitrogen and oxygen atoms in total. The first-order chi connectivity index (χ1) is 4.30. The molecule has 62 valence electrons. The predicted molar refractivity (Wildman–Crippen MR) is 45.8 cm³/mol. The first-order valence-electron chi connectivity index (χ1n) is 3.27. The topological polar surface area (TPSA) is 0 Å². The molecular weight excluding hydrogens is 176 g/mol. The molecule has 0 N–H and O–H groups in total. The molecule has 0 bridgehead atoms. The molecular formula is C10H14Fe. The van der Waals surface area contributed by atoms with Crippen LogP contribution in [0.25, 0.3) is 0 Å². The van der Waals surface area contributed by atoms with Crippen molar-refractivity contribution in [2.45, 2.75) is 19.8 Å². The maximum atomic E-state index is 3.17. The maximum Gasteiger partial charge on any atom is 2.00 e. The van der Waals surface area contributed by atoms with Gasteiger partial charge in [-0.3, -0.25) is 0 Å². The van der Waals surface area contributed by atoms with Crippen LogP contribution in [0, 0.1) is 13.5 Å². The molecule has 0 aliphatic carbocycles. The molecule has 0 aliphatic rings. The first-order valence-corrected chi connectivity index (χ1v) is 3.27. The fourth-order valence-electron chi connectivity index (χ4n) is 0.766. The van der Waals surface area contributed by atoms with E-state index in [0.29, 0.717) is 5.92 Å². The molecule has 1 rings (SSSR count). The summed E-state index contributed by atoms with van der Waals surface area (Å²) in [5, 5.41) is 0. The van der Waals surface area contributed by atoms with Crippen LogP contribution < -0.4 is 0 Å². The van der Waals surface area contributed by atoms with E-state index in [1.165, 1.54) is 5.56 Å². The van der Waals surface area contributed by atoms with E-state index in [1.54, 1.807) is 0 Å². The Bertz CT molecular complexity index is 167. The second kappa shape index (κ2) is 6.45.